The van der Waals surface area contributed by atoms with Gasteiger partial charge >= 0.3 is 0 Å². The Kier molecular flexibility index (Phi) is 2.42. The minimum absolute atomic E-state index is 0.282. The molecule has 3 nitrogen and oxygen atoms in total. The molecule has 21 heavy (non-hydrogen) atoms. The highest BCUT2D eigenvalue weighted by Gasteiger charge is 2.33. The van der Waals surface area contributed by atoms with Gasteiger partial charge in [0.1, 0.15) is 0 Å². The van der Waals surface area contributed by atoms with Gasteiger partial charge < -0.3 is 0 Å². The first-order valence-electron chi connectivity index (χ1n) is 6.64. The molecule has 1 aliphatic rings. The van der Waals surface area contributed by atoms with E-state index in [4.69, 9.17) is 0 Å². The molecule has 3 aromatic rings. The highest BCUT2D eigenvalue weighted by molar-refractivity contribution is 6.35. The molecule has 1 aliphatic heterocycles. The van der Waals surface area contributed by atoms with Crippen LogP contribution in [0.15, 0.2) is 60.7 Å². The highest BCUT2D eigenvalue weighted by atomic mass is 16.2. The number of benzene rings is 3. The first-order valence-corrected chi connectivity index (χ1v) is 6.64. The quantitative estimate of drug-likeness (QED) is 0.636. The Morgan fingerprint density at radius 1 is 0.762 bits per heavy atom. The number of nitrogens with zero attached hydrogens (tertiary/aromatic N) is 1. The number of imide groups is 1. The van der Waals surface area contributed by atoms with Gasteiger partial charge in [0, 0.05) is 16.5 Å². The number of anilines is 1. The van der Waals surface area contributed by atoms with Crippen molar-refractivity contribution in [3.05, 3.63) is 77.9 Å². The average molecular weight is 272 g/mol. The third-order valence-corrected chi connectivity index (χ3v) is 3.73. The van der Waals surface area contributed by atoms with E-state index in [-0.39, 0.29) is 11.8 Å². The van der Waals surface area contributed by atoms with Crippen LogP contribution < -0.4 is 4.90 Å². The van der Waals surface area contributed by atoms with Gasteiger partial charge in [-0.15, -0.1) is 0 Å². The predicted molar refractivity (Wildman–Crippen MR) is 80.4 cm³/mol. The lowest BCUT2D eigenvalue weighted by Crippen LogP contribution is -2.40. The van der Waals surface area contributed by atoms with Crippen molar-refractivity contribution in [3.8, 4) is 0 Å². The minimum atomic E-state index is -0.282. The number of hydrogen-bond donors (Lipinski definition) is 0. The molecule has 3 aromatic carbocycles. The van der Waals surface area contributed by atoms with E-state index >= 15 is 0 Å². The molecular weight excluding hydrogens is 262 g/mol. The van der Waals surface area contributed by atoms with Crippen LogP contribution in [0.25, 0.3) is 10.8 Å². The van der Waals surface area contributed by atoms with Gasteiger partial charge in [-0.3, -0.25) is 9.59 Å². The second kappa shape index (κ2) is 4.28. The molecule has 1 radical (unpaired) electrons. The summed E-state index contributed by atoms with van der Waals surface area (Å²) in [6, 6.07) is 20.7. The van der Waals surface area contributed by atoms with E-state index in [9.17, 15) is 9.59 Å². The minimum Gasteiger partial charge on any atom is -0.268 e. The number of rotatable bonds is 1. The Hall–Kier alpha value is -2.94. The van der Waals surface area contributed by atoms with E-state index in [1.165, 1.54) is 4.90 Å². The molecule has 2 amide bonds. The lowest BCUT2D eigenvalue weighted by atomic mass is 9.94. The van der Waals surface area contributed by atoms with Gasteiger partial charge in [0.25, 0.3) is 11.8 Å². The molecule has 0 N–H and O–H groups in total. The zero-order chi connectivity index (χ0) is 14.4. The summed E-state index contributed by atoms with van der Waals surface area (Å²) in [5.74, 6) is -0.564. The Bertz CT molecular complexity index is 833. The van der Waals surface area contributed by atoms with Crippen LogP contribution in [-0.4, -0.2) is 11.8 Å². The molecule has 0 fully saturated rings. The van der Waals surface area contributed by atoms with Gasteiger partial charge in [0.05, 0.1) is 5.69 Å². The van der Waals surface area contributed by atoms with E-state index in [0.29, 0.717) is 16.8 Å². The van der Waals surface area contributed by atoms with Crippen LogP contribution in [-0.2, 0) is 0 Å². The van der Waals surface area contributed by atoms with Crippen molar-refractivity contribution in [2.45, 2.75) is 0 Å². The van der Waals surface area contributed by atoms with E-state index < -0.39 is 0 Å². The van der Waals surface area contributed by atoms with Gasteiger partial charge in [-0.05, 0) is 35.7 Å². The summed E-state index contributed by atoms with van der Waals surface area (Å²) < 4.78 is 0. The standard InChI is InChI=1S/C18H10NO2/c20-17-14-10-4-6-12-7-5-11-15(16(12)14)18(21)19(17)13-8-2-1-3-9-13/h2-11H. The van der Waals surface area contributed by atoms with E-state index in [1.807, 2.05) is 24.3 Å². The normalized spacial score (nSPS) is 13.8. The Morgan fingerprint density at radius 3 is 1.90 bits per heavy atom. The largest absolute Gasteiger partial charge is 0.268 e. The molecule has 0 unspecified atom stereocenters. The molecule has 3 heteroatoms. The smallest absolute Gasteiger partial charge is 0.265 e. The van der Waals surface area contributed by atoms with Gasteiger partial charge in [-0.25, -0.2) is 4.90 Å². The Labute approximate surface area is 121 Å². The number of carbonyl (C=O) groups is 2. The second-order valence-electron chi connectivity index (χ2n) is 4.91. The van der Waals surface area contributed by atoms with Crippen molar-refractivity contribution >= 4 is 28.3 Å². The fraction of sp³-hybridized carbons (Fsp3) is 0. The van der Waals surface area contributed by atoms with Crippen LogP contribution in [0.3, 0.4) is 0 Å². The number of carbonyl (C=O) groups excluding carboxylic acids is 2. The molecule has 99 valence electrons. The van der Waals surface area contributed by atoms with Crippen LogP contribution in [0.5, 0.6) is 0 Å². The maximum absolute atomic E-state index is 12.7. The summed E-state index contributed by atoms with van der Waals surface area (Å²) in [4.78, 5) is 26.6. The fourth-order valence-corrected chi connectivity index (χ4v) is 2.79. The molecule has 0 aliphatic carbocycles. The van der Waals surface area contributed by atoms with Crippen LogP contribution in [0.1, 0.15) is 20.7 Å². The molecule has 0 aromatic heterocycles. The second-order valence-corrected chi connectivity index (χ2v) is 4.91. The fourth-order valence-electron chi connectivity index (χ4n) is 2.79. The average Bonchev–Trinajstić information content (AvgIpc) is 2.54. The summed E-state index contributed by atoms with van der Waals surface area (Å²) in [7, 11) is 0. The maximum atomic E-state index is 12.7. The van der Waals surface area contributed by atoms with Gasteiger partial charge in [-0.1, -0.05) is 36.4 Å². The first-order chi connectivity index (χ1) is 10.3. The lowest BCUT2D eigenvalue weighted by molar-refractivity contribution is 0.0893. The number of hydrogen-bond acceptors (Lipinski definition) is 2. The summed E-state index contributed by atoms with van der Waals surface area (Å²) in [5.41, 5.74) is 1.70. The van der Waals surface area contributed by atoms with E-state index in [2.05, 4.69) is 6.07 Å². The third-order valence-electron chi connectivity index (χ3n) is 3.73. The van der Waals surface area contributed by atoms with Gasteiger partial charge in [0.15, 0.2) is 0 Å². The van der Waals surface area contributed by atoms with Gasteiger partial charge in [0.2, 0.25) is 0 Å². The first kappa shape index (κ1) is 11.9. The monoisotopic (exact) mass is 272 g/mol. The van der Waals surface area contributed by atoms with E-state index in [1.54, 1.807) is 36.4 Å². The van der Waals surface area contributed by atoms with Crippen molar-refractivity contribution in [1.29, 1.82) is 0 Å². The molecular formula is C18H10NO2. The van der Waals surface area contributed by atoms with E-state index in [0.717, 1.165) is 10.8 Å². The van der Waals surface area contributed by atoms with Crippen molar-refractivity contribution in [2.24, 2.45) is 0 Å². The van der Waals surface area contributed by atoms with Crippen molar-refractivity contribution in [1.82, 2.24) is 0 Å². The highest BCUT2D eigenvalue weighted by Crippen LogP contribution is 2.32. The zero-order valence-electron chi connectivity index (χ0n) is 11.0. The summed E-state index contributed by atoms with van der Waals surface area (Å²) >= 11 is 0. The molecule has 0 atom stereocenters. The summed E-state index contributed by atoms with van der Waals surface area (Å²) in [6.45, 7) is 0. The van der Waals surface area contributed by atoms with Crippen LogP contribution in [0.4, 0.5) is 5.69 Å². The summed E-state index contributed by atoms with van der Waals surface area (Å²) in [5, 5.41) is 1.65. The molecule has 0 saturated carbocycles. The SMILES string of the molecule is O=C1c2cccc3cccc(c23)C(=O)N1c1cc[c]cc1. The maximum Gasteiger partial charge on any atom is 0.265 e. The van der Waals surface area contributed by atoms with Crippen molar-refractivity contribution in [3.63, 3.8) is 0 Å². The summed E-state index contributed by atoms with van der Waals surface area (Å²) in [6.07, 6.45) is 0. The molecule has 4 rings (SSSR count). The topological polar surface area (TPSA) is 37.4 Å². The van der Waals surface area contributed by atoms with Crippen LogP contribution in [0, 0.1) is 6.07 Å². The molecule has 0 saturated heterocycles. The lowest BCUT2D eigenvalue weighted by Gasteiger charge is -2.27. The van der Waals surface area contributed by atoms with Crippen LogP contribution >= 0.6 is 0 Å². The molecule has 0 bridgehead atoms. The molecule has 0 spiro atoms. The Balaban J connectivity index is 2.02. The molecule has 1 heterocycles. The number of amides is 2. The van der Waals surface area contributed by atoms with Crippen LogP contribution in [0.2, 0.25) is 0 Å². The predicted octanol–water partition coefficient (Wildman–Crippen LogP) is 3.44. The van der Waals surface area contributed by atoms with Crippen molar-refractivity contribution in [2.75, 3.05) is 4.90 Å². The zero-order valence-corrected chi connectivity index (χ0v) is 11.0. The van der Waals surface area contributed by atoms with Gasteiger partial charge in [-0.2, -0.15) is 0 Å². The van der Waals surface area contributed by atoms with Crippen molar-refractivity contribution < 1.29 is 9.59 Å². The Morgan fingerprint density at radius 2 is 1.33 bits per heavy atom. The third kappa shape index (κ3) is 1.61.